The molecule has 1 amide bonds. The summed E-state index contributed by atoms with van der Waals surface area (Å²) in [4.78, 5) is 25.3. The minimum absolute atomic E-state index is 0.00601. The molecule has 0 bridgehead atoms. The smallest absolute Gasteiger partial charge is 0.311 e. The number of carbonyl (C=O) groups excluding carboxylic acids is 1. The van der Waals surface area contributed by atoms with Crippen molar-refractivity contribution in [2.75, 3.05) is 13.1 Å². The number of rotatable bonds is 5. The molecule has 0 spiro atoms. The zero-order valence-electron chi connectivity index (χ0n) is 12.1. The number of aliphatic carboxylic acids is 1. The number of nitrogens with zero attached hydrogens (tertiary/aromatic N) is 1. The Bertz CT molecular complexity index is 546. The Labute approximate surface area is 129 Å². The van der Waals surface area contributed by atoms with Gasteiger partial charge in [-0.15, -0.1) is 0 Å². The second-order valence-corrected chi connectivity index (χ2v) is 6.00. The van der Waals surface area contributed by atoms with Crippen molar-refractivity contribution in [2.24, 2.45) is 5.41 Å². The third-order valence-corrected chi connectivity index (χ3v) is 4.77. The summed E-state index contributed by atoms with van der Waals surface area (Å²) < 4.78 is 0. The van der Waals surface area contributed by atoms with Crippen molar-refractivity contribution >= 4 is 23.5 Å². The second-order valence-electron chi connectivity index (χ2n) is 5.60. The summed E-state index contributed by atoms with van der Waals surface area (Å²) in [6, 6.07) is 7.47. The number of carboxylic acid groups (broad SMARTS) is 1. The van der Waals surface area contributed by atoms with Gasteiger partial charge in [0.1, 0.15) is 0 Å². The van der Waals surface area contributed by atoms with Gasteiger partial charge in [0.2, 0.25) is 5.91 Å². The molecule has 1 aliphatic heterocycles. The Balaban J connectivity index is 1.94. The maximum absolute atomic E-state index is 12.2. The first-order valence-corrected chi connectivity index (χ1v) is 7.61. The highest BCUT2D eigenvalue weighted by molar-refractivity contribution is 6.31. The molecule has 1 saturated heterocycles. The van der Waals surface area contributed by atoms with Crippen LogP contribution in [0, 0.1) is 5.41 Å². The highest BCUT2D eigenvalue weighted by atomic mass is 35.5. The summed E-state index contributed by atoms with van der Waals surface area (Å²) in [7, 11) is 0. The van der Waals surface area contributed by atoms with Crippen LogP contribution in [0.1, 0.15) is 31.7 Å². The minimum atomic E-state index is -0.800. The summed E-state index contributed by atoms with van der Waals surface area (Å²) in [6.45, 7) is 2.72. The zero-order valence-corrected chi connectivity index (χ0v) is 12.9. The van der Waals surface area contributed by atoms with Crippen molar-refractivity contribution in [3.63, 3.8) is 0 Å². The lowest BCUT2D eigenvalue weighted by molar-refractivity contribution is -0.148. The Kier molecular flexibility index (Phi) is 4.88. The van der Waals surface area contributed by atoms with Crippen LogP contribution in [0.5, 0.6) is 0 Å². The Morgan fingerprint density at radius 3 is 2.67 bits per heavy atom. The Morgan fingerprint density at radius 2 is 2.10 bits per heavy atom. The molecule has 0 aliphatic carbocycles. The molecule has 1 aromatic rings. The fraction of sp³-hybridized carbons (Fsp3) is 0.500. The van der Waals surface area contributed by atoms with Crippen LogP contribution in [0.15, 0.2) is 24.3 Å². The fourth-order valence-electron chi connectivity index (χ4n) is 2.80. The molecule has 2 rings (SSSR count). The molecule has 4 nitrogen and oxygen atoms in total. The van der Waals surface area contributed by atoms with E-state index in [1.807, 2.05) is 31.2 Å². The number of hydrogen-bond donors (Lipinski definition) is 1. The van der Waals surface area contributed by atoms with E-state index in [1.54, 1.807) is 4.90 Å². The van der Waals surface area contributed by atoms with Crippen molar-refractivity contribution in [3.8, 4) is 0 Å². The van der Waals surface area contributed by atoms with E-state index in [0.717, 1.165) is 5.56 Å². The van der Waals surface area contributed by atoms with Crippen LogP contribution in [0.25, 0.3) is 0 Å². The summed E-state index contributed by atoms with van der Waals surface area (Å²) in [5.41, 5.74) is 0.187. The maximum Gasteiger partial charge on any atom is 0.311 e. The quantitative estimate of drug-likeness (QED) is 0.909. The largest absolute Gasteiger partial charge is 0.481 e. The summed E-state index contributed by atoms with van der Waals surface area (Å²) in [5, 5.41) is 10.0. The molecule has 21 heavy (non-hydrogen) atoms. The molecule has 1 heterocycles. The van der Waals surface area contributed by atoms with Gasteiger partial charge in [-0.25, -0.2) is 0 Å². The average Bonchev–Trinajstić information content (AvgIpc) is 2.92. The topological polar surface area (TPSA) is 57.6 Å². The first-order valence-electron chi connectivity index (χ1n) is 7.23. The van der Waals surface area contributed by atoms with Gasteiger partial charge >= 0.3 is 5.97 Å². The molecule has 1 N–H and O–H groups in total. The molecule has 1 aliphatic rings. The first kappa shape index (κ1) is 15.8. The highest BCUT2D eigenvalue weighted by Gasteiger charge is 2.44. The number of benzene rings is 1. The molecule has 114 valence electrons. The molecule has 0 aromatic heterocycles. The molecule has 5 heteroatoms. The van der Waals surface area contributed by atoms with Gasteiger partial charge in [-0.2, -0.15) is 0 Å². The third-order valence-electron chi connectivity index (χ3n) is 4.40. The van der Waals surface area contributed by atoms with Crippen molar-refractivity contribution in [1.29, 1.82) is 0 Å². The predicted molar refractivity (Wildman–Crippen MR) is 81.3 cm³/mol. The van der Waals surface area contributed by atoms with Crippen LogP contribution >= 0.6 is 11.6 Å². The van der Waals surface area contributed by atoms with E-state index in [9.17, 15) is 14.7 Å². The monoisotopic (exact) mass is 309 g/mol. The van der Waals surface area contributed by atoms with Crippen molar-refractivity contribution < 1.29 is 14.7 Å². The van der Waals surface area contributed by atoms with Gasteiger partial charge in [0, 0.05) is 24.5 Å². The van der Waals surface area contributed by atoms with Crippen LogP contribution in [-0.2, 0) is 16.0 Å². The predicted octanol–water partition coefficient (Wildman–Crippen LogP) is 2.99. The molecule has 1 aromatic carbocycles. The van der Waals surface area contributed by atoms with Crippen LogP contribution in [0.2, 0.25) is 5.02 Å². The summed E-state index contributed by atoms with van der Waals surface area (Å²) >= 11 is 6.07. The van der Waals surface area contributed by atoms with Gasteiger partial charge in [0.25, 0.3) is 0 Å². The average molecular weight is 310 g/mol. The van der Waals surface area contributed by atoms with Gasteiger partial charge in [0.05, 0.1) is 5.41 Å². The lowest BCUT2D eigenvalue weighted by Gasteiger charge is -2.23. The standard InChI is InChI=1S/C16H20ClNO3/c1-2-16(15(20)21)9-10-18(11-16)14(19)8-7-12-5-3-4-6-13(12)17/h3-6H,2,7-11H2,1H3,(H,20,21). The van der Waals surface area contributed by atoms with Crippen molar-refractivity contribution in [2.45, 2.75) is 32.6 Å². The number of carboxylic acids is 1. The number of halogens is 1. The third kappa shape index (κ3) is 3.38. The van der Waals surface area contributed by atoms with Gasteiger partial charge in [-0.05, 0) is 30.9 Å². The number of amides is 1. The fourth-order valence-corrected chi connectivity index (χ4v) is 3.03. The summed E-state index contributed by atoms with van der Waals surface area (Å²) in [6.07, 6.45) is 2.04. The van der Waals surface area contributed by atoms with Crippen LogP contribution in [0.4, 0.5) is 0 Å². The van der Waals surface area contributed by atoms with E-state index < -0.39 is 11.4 Å². The molecular weight excluding hydrogens is 290 g/mol. The molecule has 1 fully saturated rings. The summed E-state index contributed by atoms with van der Waals surface area (Å²) in [5.74, 6) is -0.794. The van der Waals surface area contributed by atoms with Gasteiger partial charge in [-0.3, -0.25) is 9.59 Å². The Morgan fingerprint density at radius 1 is 1.38 bits per heavy atom. The number of hydrogen-bond acceptors (Lipinski definition) is 2. The van der Waals surface area contributed by atoms with E-state index in [2.05, 4.69) is 0 Å². The zero-order chi connectivity index (χ0) is 15.5. The van der Waals surface area contributed by atoms with Crippen LogP contribution in [-0.4, -0.2) is 35.0 Å². The van der Waals surface area contributed by atoms with E-state index in [4.69, 9.17) is 11.6 Å². The van der Waals surface area contributed by atoms with Crippen LogP contribution in [0.3, 0.4) is 0 Å². The van der Waals surface area contributed by atoms with E-state index in [1.165, 1.54) is 0 Å². The van der Waals surface area contributed by atoms with Gasteiger partial charge in [-0.1, -0.05) is 36.7 Å². The highest BCUT2D eigenvalue weighted by Crippen LogP contribution is 2.34. The lowest BCUT2D eigenvalue weighted by atomic mass is 9.84. The maximum atomic E-state index is 12.2. The van der Waals surface area contributed by atoms with E-state index in [0.29, 0.717) is 43.8 Å². The number of carbonyl (C=O) groups is 2. The van der Waals surface area contributed by atoms with Crippen LogP contribution < -0.4 is 0 Å². The molecule has 1 atom stereocenters. The van der Waals surface area contributed by atoms with Gasteiger partial charge < -0.3 is 10.0 Å². The lowest BCUT2D eigenvalue weighted by Crippen LogP contribution is -2.36. The van der Waals surface area contributed by atoms with Crippen molar-refractivity contribution in [3.05, 3.63) is 34.9 Å². The van der Waals surface area contributed by atoms with E-state index >= 15 is 0 Å². The molecule has 0 radical (unpaired) electrons. The van der Waals surface area contributed by atoms with E-state index in [-0.39, 0.29) is 5.91 Å². The second kappa shape index (κ2) is 6.48. The minimum Gasteiger partial charge on any atom is -0.481 e. The normalized spacial score (nSPS) is 21.5. The SMILES string of the molecule is CCC1(C(=O)O)CCN(C(=O)CCc2ccccc2Cl)C1. The van der Waals surface area contributed by atoms with Crippen molar-refractivity contribution in [1.82, 2.24) is 4.90 Å². The number of aryl methyl sites for hydroxylation is 1. The molecule has 0 saturated carbocycles. The Hall–Kier alpha value is -1.55. The molecular formula is C16H20ClNO3. The molecule has 1 unspecified atom stereocenters. The van der Waals surface area contributed by atoms with Gasteiger partial charge in [0.15, 0.2) is 0 Å². The first-order chi connectivity index (χ1) is 9.98. The number of likely N-dealkylation sites (tertiary alicyclic amines) is 1.